The Balaban J connectivity index is 2.01. The molecule has 1 aliphatic rings. The molecule has 0 radical (unpaired) electrons. The van der Waals surface area contributed by atoms with Crippen LogP contribution in [0.4, 0.5) is 5.95 Å². The van der Waals surface area contributed by atoms with Crippen LogP contribution in [0.25, 0.3) is 0 Å². The van der Waals surface area contributed by atoms with Crippen molar-refractivity contribution in [2.75, 3.05) is 24.5 Å². The predicted molar refractivity (Wildman–Crippen MR) is 72.8 cm³/mol. The molecular formula is C13H23N5. The Kier molecular flexibility index (Phi) is 4.47. The fourth-order valence-corrected chi connectivity index (χ4v) is 2.25. The molecule has 1 atom stereocenters. The van der Waals surface area contributed by atoms with Gasteiger partial charge in [-0.15, -0.1) is 5.10 Å². The SMILES string of the molecule is CCCNC1CCCN(c2nnc(C)c(C)n2)C1. The van der Waals surface area contributed by atoms with E-state index in [1.807, 2.05) is 13.8 Å². The van der Waals surface area contributed by atoms with Gasteiger partial charge >= 0.3 is 0 Å². The minimum Gasteiger partial charge on any atom is -0.338 e. The van der Waals surface area contributed by atoms with E-state index in [4.69, 9.17) is 0 Å². The zero-order valence-corrected chi connectivity index (χ0v) is 11.6. The van der Waals surface area contributed by atoms with E-state index in [9.17, 15) is 0 Å². The molecule has 2 heterocycles. The molecule has 0 amide bonds. The van der Waals surface area contributed by atoms with Crippen LogP contribution in [0.15, 0.2) is 0 Å². The van der Waals surface area contributed by atoms with E-state index >= 15 is 0 Å². The van der Waals surface area contributed by atoms with Gasteiger partial charge in [0.05, 0.1) is 11.4 Å². The van der Waals surface area contributed by atoms with Crippen molar-refractivity contribution in [3.05, 3.63) is 11.4 Å². The molecule has 1 saturated heterocycles. The van der Waals surface area contributed by atoms with Gasteiger partial charge in [-0.05, 0) is 39.7 Å². The molecule has 0 saturated carbocycles. The van der Waals surface area contributed by atoms with E-state index in [2.05, 4.69) is 32.3 Å². The molecule has 1 N–H and O–H groups in total. The first kappa shape index (κ1) is 13.2. The standard InChI is InChI=1S/C13H23N5/c1-4-7-14-12-6-5-8-18(9-12)13-15-10(2)11(3)16-17-13/h12,14H,4-9H2,1-3H3. The van der Waals surface area contributed by atoms with Crippen molar-refractivity contribution < 1.29 is 0 Å². The number of hydrogen-bond donors (Lipinski definition) is 1. The van der Waals surface area contributed by atoms with Crippen LogP contribution in [0.3, 0.4) is 0 Å². The van der Waals surface area contributed by atoms with Crippen LogP contribution in [0.2, 0.25) is 0 Å². The summed E-state index contributed by atoms with van der Waals surface area (Å²) >= 11 is 0. The van der Waals surface area contributed by atoms with E-state index in [0.717, 1.165) is 37.0 Å². The number of nitrogens with zero attached hydrogens (tertiary/aromatic N) is 4. The van der Waals surface area contributed by atoms with E-state index in [-0.39, 0.29) is 0 Å². The summed E-state index contributed by atoms with van der Waals surface area (Å²) in [5, 5.41) is 12.0. The zero-order chi connectivity index (χ0) is 13.0. The van der Waals surface area contributed by atoms with E-state index < -0.39 is 0 Å². The molecule has 0 aliphatic carbocycles. The van der Waals surface area contributed by atoms with Crippen molar-refractivity contribution in [3.63, 3.8) is 0 Å². The monoisotopic (exact) mass is 249 g/mol. The molecule has 5 heteroatoms. The van der Waals surface area contributed by atoms with Crippen LogP contribution in [0.5, 0.6) is 0 Å². The number of hydrogen-bond acceptors (Lipinski definition) is 5. The van der Waals surface area contributed by atoms with Crippen molar-refractivity contribution in [2.45, 2.75) is 46.1 Å². The average Bonchev–Trinajstić information content (AvgIpc) is 2.40. The predicted octanol–water partition coefficient (Wildman–Crippen LogP) is 1.46. The van der Waals surface area contributed by atoms with Crippen molar-refractivity contribution in [1.29, 1.82) is 0 Å². The van der Waals surface area contributed by atoms with E-state index in [1.165, 1.54) is 19.3 Å². The maximum absolute atomic E-state index is 4.54. The van der Waals surface area contributed by atoms with Gasteiger partial charge in [0.25, 0.3) is 0 Å². The van der Waals surface area contributed by atoms with Crippen LogP contribution in [0.1, 0.15) is 37.6 Å². The number of aromatic nitrogens is 3. The highest BCUT2D eigenvalue weighted by molar-refractivity contribution is 5.31. The van der Waals surface area contributed by atoms with Crippen molar-refractivity contribution in [1.82, 2.24) is 20.5 Å². The van der Waals surface area contributed by atoms with Gasteiger partial charge in [0, 0.05) is 19.1 Å². The average molecular weight is 249 g/mol. The molecule has 1 aromatic rings. The first-order valence-corrected chi connectivity index (χ1v) is 6.87. The zero-order valence-electron chi connectivity index (χ0n) is 11.6. The topological polar surface area (TPSA) is 53.9 Å². The highest BCUT2D eigenvalue weighted by Crippen LogP contribution is 2.16. The fraction of sp³-hybridized carbons (Fsp3) is 0.769. The second-order valence-electron chi connectivity index (χ2n) is 5.02. The highest BCUT2D eigenvalue weighted by atomic mass is 15.3. The summed E-state index contributed by atoms with van der Waals surface area (Å²) in [5.41, 5.74) is 1.89. The minimum absolute atomic E-state index is 0.559. The van der Waals surface area contributed by atoms with Crippen LogP contribution in [0, 0.1) is 13.8 Å². The molecule has 1 aliphatic heterocycles. The Hall–Kier alpha value is -1.23. The number of piperidine rings is 1. The fourth-order valence-electron chi connectivity index (χ4n) is 2.25. The van der Waals surface area contributed by atoms with E-state index in [1.54, 1.807) is 0 Å². The van der Waals surface area contributed by atoms with Crippen molar-refractivity contribution in [2.24, 2.45) is 0 Å². The van der Waals surface area contributed by atoms with Crippen LogP contribution >= 0.6 is 0 Å². The summed E-state index contributed by atoms with van der Waals surface area (Å²) in [6, 6.07) is 0.559. The maximum Gasteiger partial charge on any atom is 0.245 e. The molecule has 2 rings (SSSR count). The molecule has 0 aromatic carbocycles. The van der Waals surface area contributed by atoms with Crippen molar-refractivity contribution >= 4 is 5.95 Å². The maximum atomic E-state index is 4.54. The quantitative estimate of drug-likeness (QED) is 0.875. The Morgan fingerprint density at radius 1 is 1.28 bits per heavy atom. The molecule has 1 unspecified atom stereocenters. The Morgan fingerprint density at radius 3 is 2.83 bits per heavy atom. The lowest BCUT2D eigenvalue weighted by Crippen LogP contribution is -2.46. The Labute approximate surface area is 109 Å². The lowest BCUT2D eigenvalue weighted by molar-refractivity contribution is 0.419. The van der Waals surface area contributed by atoms with Crippen LogP contribution in [-0.2, 0) is 0 Å². The van der Waals surface area contributed by atoms with Crippen LogP contribution in [-0.4, -0.2) is 40.9 Å². The third kappa shape index (κ3) is 3.16. The van der Waals surface area contributed by atoms with Gasteiger partial charge in [-0.1, -0.05) is 6.92 Å². The van der Waals surface area contributed by atoms with E-state index in [0.29, 0.717) is 6.04 Å². The summed E-state index contributed by atoms with van der Waals surface area (Å²) in [4.78, 5) is 6.78. The Morgan fingerprint density at radius 2 is 2.11 bits per heavy atom. The van der Waals surface area contributed by atoms with Gasteiger partial charge in [0.2, 0.25) is 5.95 Å². The first-order valence-electron chi connectivity index (χ1n) is 6.87. The van der Waals surface area contributed by atoms with Crippen molar-refractivity contribution in [3.8, 4) is 0 Å². The third-order valence-corrected chi connectivity index (χ3v) is 3.47. The summed E-state index contributed by atoms with van der Waals surface area (Å²) in [6.07, 6.45) is 3.62. The number of rotatable bonds is 4. The van der Waals surface area contributed by atoms with Gasteiger partial charge in [-0.3, -0.25) is 0 Å². The first-order chi connectivity index (χ1) is 8.70. The molecule has 0 bridgehead atoms. The second-order valence-corrected chi connectivity index (χ2v) is 5.02. The van der Waals surface area contributed by atoms with Crippen LogP contribution < -0.4 is 10.2 Å². The third-order valence-electron chi connectivity index (χ3n) is 3.47. The molecule has 1 fully saturated rings. The highest BCUT2D eigenvalue weighted by Gasteiger charge is 2.21. The normalized spacial score (nSPS) is 20.2. The molecular weight excluding hydrogens is 226 g/mol. The lowest BCUT2D eigenvalue weighted by Gasteiger charge is -2.33. The van der Waals surface area contributed by atoms with Gasteiger partial charge in [-0.25, -0.2) is 4.98 Å². The summed E-state index contributed by atoms with van der Waals surface area (Å²) in [6.45, 7) is 9.25. The largest absolute Gasteiger partial charge is 0.338 e. The minimum atomic E-state index is 0.559. The van der Waals surface area contributed by atoms with Gasteiger partial charge in [-0.2, -0.15) is 5.10 Å². The summed E-state index contributed by atoms with van der Waals surface area (Å²) in [5.74, 6) is 0.779. The Bertz CT molecular complexity index is 393. The summed E-state index contributed by atoms with van der Waals surface area (Å²) in [7, 11) is 0. The molecule has 0 spiro atoms. The molecule has 1 aromatic heterocycles. The number of nitrogens with one attached hydrogen (secondary N) is 1. The van der Waals surface area contributed by atoms with Gasteiger partial charge < -0.3 is 10.2 Å². The molecule has 100 valence electrons. The summed E-state index contributed by atoms with van der Waals surface area (Å²) < 4.78 is 0. The molecule has 18 heavy (non-hydrogen) atoms. The molecule has 5 nitrogen and oxygen atoms in total. The van der Waals surface area contributed by atoms with Gasteiger partial charge in [0.1, 0.15) is 0 Å². The number of anilines is 1. The second kappa shape index (κ2) is 6.09. The lowest BCUT2D eigenvalue weighted by atomic mass is 10.1. The number of aryl methyl sites for hydroxylation is 2. The smallest absolute Gasteiger partial charge is 0.245 e. The van der Waals surface area contributed by atoms with Gasteiger partial charge in [0.15, 0.2) is 0 Å².